The Balaban J connectivity index is 1.69. The van der Waals surface area contributed by atoms with Gasteiger partial charge in [0.1, 0.15) is 17.1 Å². The first kappa shape index (κ1) is 19.0. The van der Waals surface area contributed by atoms with Crippen molar-refractivity contribution in [2.24, 2.45) is 0 Å². The second-order valence-corrected chi connectivity index (χ2v) is 7.34. The molecule has 0 aliphatic carbocycles. The van der Waals surface area contributed by atoms with Gasteiger partial charge in [0.05, 0.1) is 7.11 Å². The number of amides is 1. The summed E-state index contributed by atoms with van der Waals surface area (Å²) in [7, 11) is 3.48. The van der Waals surface area contributed by atoms with Gasteiger partial charge >= 0.3 is 0 Å². The first-order chi connectivity index (χ1) is 15.2. The van der Waals surface area contributed by atoms with E-state index in [-0.39, 0.29) is 5.91 Å². The number of methoxy groups -OCH3 is 1. The first-order valence-corrected chi connectivity index (χ1v) is 10.1. The van der Waals surface area contributed by atoms with Crippen molar-refractivity contribution in [3.05, 3.63) is 66.0 Å². The van der Waals surface area contributed by atoms with E-state index in [0.717, 1.165) is 45.1 Å². The summed E-state index contributed by atoms with van der Waals surface area (Å²) in [5, 5.41) is 6.93. The van der Waals surface area contributed by atoms with Crippen molar-refractivity contribution < 1.29 is 9.53 Å². The van der Waals surface area contributed by atoms with Crippen LogP contribution >= 0.6 is 0 Å². The zero-order valence-corrected chi connectivity index (χ0v) is 17.3. The number of fused-ring (bicyclic) bond motifs is 2. The van der Waals surface area contributed by atoms with Crippen LogP contribution in [0.4, 0.5) is 5.82 Å². The molecule has 154 valence electrons. The number of pyridine rings is 1. The number of benzene rings is 2. The molecule has 0 spiro atoms. The maximum atomic E-state index is 12.1. The van der Waals surface area contributed by atoms with Gasteiger partial charge in [-0.1, -0.05) is 12.1 Å². The number of aromatic nitrogens is 3. The molecule has 3 heterocycles. The molecule has 4 aromatic rings. The highest BCUT2D eigenvalue weighted by molar-refractivity contribution is 5.99. The average molecular weight is 411 g/mol. The van der Waals surface area contributed by atoms with Crippen LogP contribution in [0, 0.1) is 0 Å². The molecule has 7 heteroatoms. The third kappa shape index (κ3) is 3.34. The molecule has 7 nitrogen and oxygen atoms in total. The second-order valence-electron chi connectivity index (χ2n) is 7.34. The van der Waals surface area contributed by atoms with Crippen LogP contribution in [-0.4, -0.2) is 41.6 Å². The van der Waals surface area contributed by atoms with E-state index >= 15 is 0 Å². The Morgan fingerprint density at radius 2 is 1.97 bits per heavy atom. The summed E-state index contributed by atoms with van der Waals surface area (Å²) in [6.45, 7) is 0.658. The minimum absolute atomic E-state index is 0.0160. The Kier molecular flexibility index (Phi) is 4.71. The molecule has 1 aliphatic heterocycles. The normalized spacial score (nSPS) is 12.9. The summed E-state index contributed by atoms with van der Waals surface area (Å²) in [6.07, 6.45) is 4.28. The number of nitrogens with zero attached hydrogens (tertiary/aromatic N) is 3. The standard InChI is InChI=1S/C24H21N5O2/c1-25-23-19-11-17(14-5-6-18-15(10-14)7-9-27-24(18)30)12-20(31-2)21(19)28-22(29-23)16-4-3-8-26-13-16/h3-6,8,10-13H,7,9H2,1-2H3,(H,27,30)(H,25,28,29). The van der Waals surface area contributed by atoms with Gasteiger partial charge in [0, 0.05) is 42.5 Å². The van der Waals surface area contributed by atoms with Crippen LogP contribution in [0.25, 0.3) is 33.4 Å². The largest absolute Gasteiger partial charge is 0.494 e. The number of anilines is 1. The predicted octanol–water partition coefficient (Wildman–Crippen LogP) is 3.70. The van der Waals surface area contributed by atoms with E-state index in [9.17, 15) is 4.79 Å². The van der Waals surface area contributed by atoms with Crippen molar-refractivity contribution in [1.82, 2.24) is 20.3 Å². The molecule has 0 radical (unpaired) electrons. The lowest BCUT2D eigenvalue weighted by atomic mass is 9.94. The fourth-order valence-electron chi connectivity index (χ4n) is 3.95. The van der Waals surface area contributed by atoms with Gasteiger partial charge in [-0.15, -0.1) is 0 Å². The number of hydrogen-bond donors (Lipinski definition) is 2. The molecule has 0 saturated heterocycles. The molecule has 1 aliphatic rings. The fourth-order valence-corrected chi connectivity index (χ4v) is 3.95. The van der Waals surface area contributed by atoms with Crippen LogP contribution in [0.5, 0.6) is 5.75 Å². The SMILES string of the molecule is CNc1nc(-c2cccnc2)nc2c(OC)cc(-c3ccc4c(c3)CCNC4=O)cc12. The minimum atomic E-state index is -0.0160. The number of carbonyl (C=O) groups is 1. The molecular formula is C24H21N5O2. The van der Waals surface area contributed by atoms with Crippen molar-refractivity contribution in [1.29, 1.82) is 0 Å². The zero-order valence-electron chi connectivity index (χ0n) is 17.3. The Morgan fingerprint density at radius 1 is 1.06 bits per heavy atom. The van der Waals surface area contributed by atoms with Crippen molar-refractivity contribution in [2.45, 2.75) is 6.42 Å². The van der Waals surface area contributed by atoms with E-state index in [0.29, 0.717) is 23.9 Å². The lowest BCUT2D eigenvalue weighted by molar-refractivity contribution is 0.0946. The Labute approximate surface area is 179 Å². The highest BCUT2D eigenvalue weighted by Crippen LogP contribution is 2.36. The van der Waals surface area contributed by atoms with E-state index < -0.39 is 0 Å². The molecule has 5 rings (SSSR count). The molecule has 0 bridgehead atoms. The Bertz CT molecular complexity index is 1300. The summed E-state index contributed by atoms with van der Waals surface area (Å²) >= 11 is 0. The third-order valence-electron chi connectivity index (χ3n) is 5.51. The number of ether oxygens (including phenoxy) is 1. The van der Waals surface area contributed by atoms with E-state index in [1.54, 1.807) is 19.5 Å². The topological polar surface area (TPSA) is 89.0 Å². The van der Waals surface area contributed by atoms with Gasteiger partial charge in [-0.25, -0.2) is 9.97 Å². The molecular weight excluding hydrogens is 390 g/mol. The third-order valence-corrected chi connectivity index (χ3v) is 5.51. The van der Waals surface area contributed by atoms with Gasteiger partial charge in [0.15, 0.2) is 5.82 Å². The van der Waals surface area contributed by atoms with Crippen LogP contribution in [0.15, 0.2) is 54.9 Å². The molecule has 0 fully saturated rings. The van der Waals surface area contributed by atoms with Crippen LogP contribution < -0.4 is 15.4 Å². The summed E-state index contributed by atoms with van der Waals surface area (Å²) in [5.74, 6) is 1.93. The lowest BCUT2D eigenvalue weighted by Crippen LogP contribution is -2.31. The van der Waals surface area contributed by atoms with Crippen LogP contribution in [0.2, 0.25) is 0 Å². The predicted molar refractivity (Wildman–Crippen MR) is 120 cm³/mol. The van der Waals surface area contributed by atoms with Crippen LogP contribution in [-0.2, 0) is 6.42 Å². The molecule has 0 saturated carbocycles. The minimum Gasteiger partial charge on any atom is -0.494 e. The van der Waals surface area contributed by atoms with Gasteiger partial charge in [-0.2, -0.15) is 0 Å². The summed E-state index contributed by atoms with van der Waals surface area (Å²) in [4.78, 5) is 25.7. The van der Waals surface area contributed by atoms with Crippen molar-refractivity contribution in [2.75, 3.05) is 26.0 Å². The number of hydrogen-bond acceptors (Lipinski definition) is 6. The summed E-state index contributed by atoms with van der Waals surface area (Å²) in [6, 6.07) is 13.8. The highest BCUT2D eigenvalue weighted by atomic mass is 16.5. The van der Waals surface area contributed by atoms with Gasteiger partial charge in [0.25, 0.3) is 5.91 Å². The van der Waals surface area contributed by atoms with Gasteiger partial charge in [-0.3, -0.25) is 9.78 Å². The highest BCUT2D eigenvalue weighted by Gasteiger charge is 2.19. The van der Waals surface area contributed by atoms with Crippen molar-refractivity contribution >= 4 is 22.6 Å². The number of nitrogens with one attached hydrogen (secondary N) is 2. The number of carbonyl (C=O) groups excluding carboxylic acids is 1. The fraction of sp³-hybridized carbons (Fsp3) is 0.167. The average Bonchev–Trinajstić information content (AvgIpc) is 2.83. The molecule has 0 unspecified atom stereocenters. The lowest BCUT2D eigenvalue weighted by Gasteiger charge is -2.18. The zero-order chi connectivity index (χ0) is 21.4. The Morgan fingerprint density at radius 3 is 2.74 bits per heavy atom. The van der Waals surface area contributed by atoms with E-state index in [4.69, 9.17) is 14.7 Å². The first-order valence-electron chi connectivity index (χ1n) is 10.1. The molecule has 31 heavy (non-hydrogen) atoms. The van der Waals surface area contributed by atoms with Gasteiger partial charge in [0.2, 0.25) is 0 Å². The Hall–Kier alpha value is -4.00. The van der Waals surface area contributed by atoms with E-state index in [1.807, 2.05) is 37.4 Å². The molecule has 1 amide bonds. The van der Waals surface area contributed by atoms with Crippen molar-refractivity contribution in [3.63, 3.8) is 0 Å². The number of rotatable bonds is 4. The quantitative estimate of drug-likeness (QED) is 0.532. The molecule has 2 N–H and O–H groups in total. The smallest absolute Gasteiger partial charge is 0.251 e. The van der Waals surface area contributed by atoms with E-state index in [2.05, 4.69) is 27.8 Å². The van der Waals surface area contributed by atoms with E-state index in [1.165, 1.54) is 0 Å². The van der Waals surface area contributed by atoms with Gasteiger partial charge in [-0.05, 0) is 53.4 Å². The molecule has 0 atom stereocenters. The maximum absolute atomic E-state index is 12.1. The van der Waals surface area contributed by atoms with Crippen LogP contribution in [0.1, 0.15) is 15.9 Å². The van der Waals surface area contributed by atoms with Crippen LogP contribution in [0.3, 0.4) is 0 Å². The maximum Gasteiger partial charge on any atom is 0.251 e. The van der Waals surface area contributed by atoms with Gasteiger partial charge < -0.3 is 15.4 Å². The summed E-state index contributed by atoms with van der Waals surface area (Å²) in [5.41, 5.74) is 5.35. The molecule has 2 aromatic heterocycles. The monoisotopic (exact) mass is 411 g/mol. The summed E-state index contributed by atoms with van der Waals surface area (Å²) < 4.78 is 5.71. The van der Waals surface area contributed by atoms with Crippen molar-refractivity contribution in [3.8, 4) is 28.3 Å². The molecule has 2 aromatic carbocycles. The second kappa shape index (κ2) is 7.68.